The first-order chi connectivity index (χ1) is 14.1. The zero-order valence-corrected chi connectivity index (χ0v) is 16.9. The summed E-state index contributed by atoms with van der Waals surface area (Å²) in [5.41, 5.74) is 3.50. The highest BCUT2D eigenvalue weighted by atomic mass is 16.5. The van der Waals surface area contributed by atoms with Crippen LogP contribution in [0.4, 0.5) is 0 Å². The Balaban J connectivity index is 1.91. The van der Waals surface area contributed by atoms with Crippen LogP contribution < -0.4 is 15.0 Å². The molecule has 0 bridgehead atoms. The molecule has 148 valence electrons. The Labute approximate surface area is 169 Å². The number of nitrogens with one attached hydrogen (secondary N) is 1. The van der Waals surface area contributed by atoms with Gasteiger partial charge >= 0.3 is 0 Å². The van der Waals surface area contributed by atoms with Crippen molar-refractivity contribution in [3.8, 4) is 11.5 Å². The molecule has 2 aromatic carbocycles. The topological polar surface area (TPSA) is 64.2 Å². The predicted molar refractivity (Wildman–Crippen MR) is 116 cm³/mol. The number of benzene rings is 2. The molecule has 0 aliphatic rings. The largest absolute Gasteiger partial charge is 0.493 e. The first kappa shape index (κ1) is 19.0. The molecular weight excluding hydrogens is 364 g/mol. The number of aryl methyl sites for hydroxylation is 1. The van der Waals surface area contributed by atoms with Crippen LogP contribution in [-0.2, 0) is 12.8 Å². The summed E-state index contributed by atoms with van der Waals surface area (Å²) in [6.45, 7) is 2.10. The first-order valence-corrected chi connectivity index (χ1v) is 9.78. The third kappa shape index (κ3) is 3.56. The maximum absolute atomic E-state index is 13.0. The van der Waals surface area contributed by atoms with Gasteiger partial charge in [0.1, 0.15) is 0 Å². The number of hydrogen-bond donors (Lipinski definition) is 1. The van der Waals surface area contributed by atoms with Crippen molar-refractivity contribution in [1.82, 2.24) is 9.97 Å². The van der Waals surface area contributed by atoms with E-state index in [1.807, 2.05) is 42.6 Å². The maximum Gasteiger partial charge on any atom is 0.252 e. The van der Waals surface area contributed by atoms with Crippen LogP contribution in [0, 0.1) is 0 Å². The molecular formula is C24H24N2O3. The number of aromatic amines is 1. The zero-order chi connectivity index (χ0) is 20.4. The van der Waals surface area contributed by atoms with E-state index in [2.05, 4.69) is 23.0 Å². The SMILES string of the molecule is CCCc1[nH]c(=O)c(Cc2cnc3ccccc3c2)c2cc(OC)c(OC)cc12. The van der Waals surface area contributed by atoms with Gasteiger partial charge in [0.2, 0.25) is 0 Å². The standard InChI is InChI=1S/C24H24N2O3/c1-4-7-21-18-13-23(29-3)22(28-2)12-17(18)19(24(27)26-21)11-15-10-16-8-5-6-9-20(16)25-14-15/h5-6,8-10,12-14H,4,7,11H2,1-3H3,(H,26,27). The first-order valence-electron chi connectivity index (χ1n) is 9.78. The van der Waals surface area contributed by atoms with E-state index in [0.29, 0.717) is 23.5 Å². The molecule has 1 N–H and O–H groups in total. The molecule has 0 fully saturated rings. The lowest BCUT2D eigenvalue weighted by molar-refractivity contribution is 0.356. The highest BCUT2D eigenvalue weighted by molar-refractivity contribution is 5.91. The summed E-state index contributed by atoms with van der Waals surface area (Å²) >= 11 is 0. The van der Waals surface area contributed by atoms with Crippen molar-refractivity contribution in [1.29, 1.82) is 0 Å². The van der Waals surface area contributed by atoms with Crippen molar-refractivity contribution in [2.75, 3.05) is 14.2 Å². The molecule has 0 amide bonds. The third-order valence-corrected chi connectivity index (χ3v) is 5.24. The van der Waals surface area contributed by atoms with Crippen LogP contribution in [0.15, 0.2) is 53.5 Å². The summed E-state index contributed by atoms with van der Waals surface area (Å²) < 4.78 is 11.0. The fourth-order valence-electron chi connectivity index (χ4n) is 3.82. The van der Waals surface area contributed by atoms with Crippen molar-refractivity contribution >= 4 is 21.7 Å². The van der Waals surface area contributed by atoms with E-state index in [1.54, 1.807) is 14.2 Å². The highest BCUT2D eigenvalue weighted by Gasteiger charge is 2.16. The van der Waals surface area contributed by atoms with Gasteiger partial charge in [0.15, 0.2) is 11.5 Å². The molecule has 4 aromatic rings. The Bertz CT molecular complexity index is 1240. The molecule has 0 atom stereocenters. The highest BCUT2D eigenvalue weighted by Crippen LogP contribution is 2.34. The second kappa shape index (κ2) is 7.95. The second-order valence-electron chi connectivity index (χ2n) is 7.13. The van der Waals surface area contributed by atoms with Gasteiger partial charge in [0.25, 0.3) is 5.56 Å². The van der Waals surface area contributed by atoms with E-state index >= 15 is 0 Å². The summed E-state index contributed by atoms with van der Waals surface area (Å²) in [6.07, 6.45) is 4.06. The minimum Gasteiger partial charge on any atom is -0.493 e. The number of methoxy groups -OCH3 is 2. The number of rotatable bonds is 6. The number of para-hydroxylation sites is 1. The van der Waals surface area contributed by atoms with Crippen LogP contribution in [0.25, 0.3) is 21.7 Å². The minimum atomic E-state index is -0.0682. The van der Waals surface area contributed by atoms with Gasteiger partial charge in [-0.3, -0.25) is 9.78 Å². The van der Waals surface area contributed by atoms with Gasteiger partial charge in [-0.15, -0.1) is 0 Å². The fraction of sp³-hybridized carbons (Fsp3) is 0.250. The Morgan fingerprint density at radius 1 is 1.00 bits per heavy atom. The summed E-state index contributed by atoms with van der Waals surface area (Å²) in [7, 11) is 3.23. The van der Waals surface area contributed by atoms with Crippen LogP contribution in [0.3, 0.4) is 0 Å². The smallest absolute Gasteiger partial charge is 0.252 e. The molecule has 2 aromatic heterocycles. The van der Waals surface area contributed by atoms with Gasteiger partial charge in [-0.1, -0.05) is 31.5 Å². The molecule has 4 rings (SSSR count). The van der Waals surface area contributed by atoms with Crippen molar-refractivity contribution in [3.63, 3.8) is 0 Å². The summed E-state index contributed by atoms with van der Waals surface area (Å²) in [5.74, 6) is 1.27. The molecule has 0 aliphatic carbocycles. The summed E-state index contributed by atoms with van der Waals surface area (Å²) in [4.78, 5) is 20.6. The molecule has 0 radical (unpaired) electrons. The van der Waals surface area contributed by atoms with Crippen LogP contribution in [0.2, 0.25) is 0 Å². The Morgan fingerprint density at radius 3 is 2.45 bits per heavy atom. The number of H-pyrrole nitrogens is 1. The monoisotopic (exact) mass is 388 g/mol. The summed E-state index contributed by atoms with van der Waals surface area (Å²) in [5, 5.41) is 2.95. The number of aromatic nitrogens is 2. The number of ether oxygens (including phenoxy) is 2. The van der Waals surface area contributed by atoms with Crippen LogP contribution in [0.5, 0.6) is 11.5 Å². The van der Waals surface area contributed by atoms with E-state index in [4.69, 9.17) is 9.47 Å². The lowest BCUT2D eigenvalue weighted by Crippen LogP contribution is -2.16. The molecule has 0 spiro atoms. The second-order valence-corrected chi connectivity index (χ2v) is 7.13. The molecule has 5 nitrogen and oxygen atoms in total. The molecule has 5 heteroatoms. The quantitative estimate of drug-likeness (QED) is 0.523. The van der Waals surface area contributed by atoms with E-state index in [1.165, 1.54) is 0 Å². The number of hydrogen-bond acceptors (Lipinski definition) is 4. The lowest BCUT2D eigenvalue weighted by atomic mass is 9.97. The third-order valence-electron chi connectivity index (χ3n) is 5.24. The summed E-state index contributed by atoms with van der Waals surface area (Å²) in [6, 6.07) is 13.9. The van der Waals surface area contributed by atoms with Crippen LogP contribution >= 0.6 is 0 Å². The van der Waals surface area contributed by atoms with Crippen molar-refractivity contribution < 1.29 is 9.47 Å². The molecule has 2 heterocycles. The average Bonchev–Trinajstić information content (AvgIpc) is 2.75. The van der Waals surface area contributed by atoms with Gasteiger partial charge in [-0.25, -0.2) is 0 Å². The molecule has 29 heavy (non-hydrogen) atoms. The maximum atomic E-state index is 13.0. The number of fused-ring (bicyclic) bond motifs is 2. The Morgan fingerprint density at radius 2 is 1.72 bits per heavy atom. The van der Waals surface area contributed by atoms with Gasteiger partial charge < -0.3 is 14.5 Å². The van der Waals surface area contributed by atoms with Crippen LogP contribution in [-0.4, -0.2) is 24.2 Å². The van der Waals surface area contributed by atoms with E-state index in [9.17, 15) is 4.79 Å². The normalized spacial score (nSPS) is 11.1. The average molecular weight is 388 g/mol. The Kier molecular flexibility index (Phi) is 5.21. The van der Waals surface area contributed by atoms with Gasteiger partial charge in [-0.2, -0.15) is 0 Å². The van der Waals surface area contributed by atoms with Gasteiger partial charge in [0, 0.05) is 34.6 Å². The molecule has 0 aliphatic heterocycles. The fourth-order valence-corrected chi connectivity index (χ4v) is 3.82. The van der Waals surface area contributed by atoms with Gasteiger partial charge in [0.05, 0.1) is 19.7 Å². The predicted octanol–water partition coefficient (Wildman–Crippen LogP) is 4.64. The minimum absolute atomic E-state index is 0.0682. The van der Waals surface area contributed by atoms with Gasteiger partial charge in [-0.05, 0) is 41.6 Å². The van der Waals surface area contributed by atoms with E-state index in [0.717, 1.165) is 45.8 Å². The van der Waals surface area contributed by atoms with Crippen molar-refractivity contribution in [2.24, 2.45) is 0 Å². The van der Waals surface area contributed by atoms with Crippen LogP contribution in [0.1, 0.15) is 30.2 Å². The lowest BCUT2D eigenvalue weighted by Gasteiger charge is -2.15. The molecule has 0 unspecified atom stereocenters. The molecule has 0 saturated heterocycles. The van der Waals surface area contributed by atoms with Crippen molar-refractivity contribution in [2.45, 2.75) is 26.2 Å². The number of nitrogens with zero attached hydrogens (tertiary/aromatic N) is 1. The number of pyridine rings is 2. The van der Waals surface area contributed by atoms with E-state index in [-0.39, 0.29) is 5.56 Å². The van der Waals surface area contributed by atoms with E-state index < -0.39 is 0 Å². The van der Waals surface area contributed by atoms with Crippen molar-refractivity contribution in [3.05, 3.63) is 75.8 Å². The molecule has 0 saturated carbocycles. The Hall–Kier alpha value is -3.34. The zero-order valence-electron chi connectivity index (χ0n) is 16.9.